The summed E-state index contributed by atoms with van der Waals surface area (Å²) in [6.07, 6.45) is 0. The number of halogens is 2. The second-order valence-electron chi connectivity index (χ2n) is 4.06. The zero-order valence-corrected chi connectivity index (χ0v) is 13.1. The first kappa shape index (κ1) is 15.8. The van der Waals surface area contributed by atoms with Gasteiger partial charge >= 0.3 is 5.97 Å². The first-order valence-electron chi connectivity index (χ1n) is 5.97. The Labute approximate surface area is 135 Å². The lowest BCUT2D eigenvalue weighted by molar-refractivity contribution is -0.143. The maximum atomic E-state index is 11.6. The zero-order valence-electron chi connectivity index (χ0n) is 10.8. The maximum absolute atomic E-state index is 11.6. The van der Waals surface area contributed by atoms with Crippen molar-refractivity contribution in [3.8, 4) is 0 Å². The molecule has 2 aromatic rings. The van der Waals surface area contributed by atoms with Crippen LogP contribution >= 0.6 is 34.5 Å². The van der Waals surface area contributed by atoms with Crippen LogP contribution in [-0.2, 0) is 16.1 Å². The van der Waals surface area contributed by atoms with Gasteiger partial charge in [-0.1, -0.05) is 35.3 Å². The largest absolute Gasteiger partial charge is 0.459 e. The Morgan fingerprint density at radius 3 is 2.71 bits per heavy atom. The molecule has 0 saturated heterocycles. The molecule has 1 N–H and O–H groups in total. The van der Waals surface area contributed by atoms with Gasteiger partial charge in [0.1, 0.15) is 13.2 Å². The van der Waals surface area contributed by atoms with Crippen LogP contribution in [-0.4, -0.2) is 18.4 Å². The van der Waals surface area contributed by atoms with Crippen molar-refractivity contribution in [2.24, 2.45) is 0 Å². The Morgan fingerprint density at radius 1 is 1.24 bits per heavy atom. The molecule has 1 amide bonds. The van der Waals surface area contributed by atoms with E-state index >= 15 is 0 Å². The lowest BCUT2D eigenvalue weighted by Gasteiger charge is -2.07. The van der Waals surface area contributed by atoms with Gasteiger partial charge in [-0.2, -0.15) is 0 Å². The smallest absolute Gasteiger partial charge is 0.325 e. The molecule has 1 aromatic carbocycles. The van der Waals surface area contributed by atoms with Crippen LogP contribution in [0.5, 0.6) is 0 Å². The van der Waals surface area contributed by atoms with E-state index in [2.05, 4.69) is 5.32 Å². The third-order valence-corrected chi connectivity index (χ3v) is 4.00. The number of hydrogen-bond donors (Lipinski definition) is 1. The molecule has 0 aliphatic rings. The predicted octanol–water partition coefficient (Wildman–Crippen LogP) is 3.53. The third-order valence-electron chi connectivity index (χ3n) is 2.54. The SMILES string of the molecule is O=C(CNC(=O)c1cccs1)OCc1ccc(Cl)cc1Cl. The number of nitrogens with one attached hydrogen (secondary N) is 1. The molecule has 4 nitrogen and oxygen atoms in total. The van der Waals surface area contributed by atoms with Gasteiger partial charge in [0.2, 0.25) is 0 Å². The predicted molar refractivity (Wildman–Crippen MR) is 82.9 cm³/mol. The summed E-state index contributed by atoms with van der Waals surface area (Å²) >= 11 is 13.0. The molecule has 0 spiro atoms. The number of thiophene rings is 1. The molecule has 1 heterocycles. The van der Waals surface area contributed by atoms with Crippen molar-refractivity contribution in [3.63, 3.8) is 0 Å². The summed E-state index contributed by atoms with van der Waals surface area (Å²) in [6.45, 7) is -0.161. The topological polar surface area (TPSA) is 55.4 Å². The van der Waals surface area contributed by atoms with Crippen molar-refractivity contribution < 1.29 is 14.3 Å². The Bertz CT molecular complexity index is 644. The van der Waals surface area contributed by atoms with Gasteiger partial charge in [0.15, 0.2) is 0 Å². The van der Waals surface area contributed by atoms with Crippen LogP contribution < -0.4 is 5.32 Å². The first-order valence-corrected chi connectivity index (χ1v) is 7.61. The highest BCUT2D eigenvalue weighted by Crippen LogP contribution is 2.21. The van der Waals surface area contributed by atoms with Gasteiger partial charge in [-0.3, -0.25) is 9.59 Å². The van der Waals surface area contributed by atoms with E-state index in [1.54, 1.807) is 35.7 Å². The van der Waals surface area contributed by atoms with E-state index in [0.29, 0.717) is 20.5 Å². The van der Waals surface area contributed by atoms with Gasteiger partial charge in [-0.25, -0.2) is 0 Å². The van der Waals surface area contributed by atoms with Gasteiger partial charge in [-0.15, -0.1) is 11.3 Å². The summed E-state index contributed by atoms with van der Waals surface area (Å²) in [4.78, 5) is 23.7. The molecule has 0 atom stereocenters. The van der Waals surface area contributed by atoms with Crippen molar-refractivity contribution in [1.82, 2.24) is 5.32 Å². The van der Waals surface area contributed by atoms with E-state index in [9.17, 15) is 9.59 Å². The fraction of sp³-hybridized carbons (Fsp3) is 0.143. The average Bonchev–Trinajstić information content (AvgIpc) is 2.98. The van der Waals surface area contributed by atoms with E-state index < -0.39 is 5.97 Å². The Morgan fingerprint density at radius 2 is 2.05 bits per heavy atom. The number of amides is 1. The quantitative estimate of drug-likeness (QED) is 0.845. The highest BCUT2D eigenvalue weighted by molar-refractivity contribution is 7.12. The maximum Gasteiger partial charge on any atom is 0.325 e. The standard InChI is InChI=1S/C14H11Cl2NO3S/c15-10-4-3-9(11(16)6-10)8-20-13(18)7-17-14(19)12-2-1-5-21-12/h1-6H,7-8H2,(H,17,19). The summed E-state index contributed by atoms with van der Waals surface area (Å²) < 4.78 is 5.04. The van der Waals surface area contributed by atoms with Gasteiger partial charge in [0.25, 0.3) is 5.91 Å². The summed E-state index contributed by atoms with van der Waals surface area (Å²) in [5, 5.41) is 5.22. The molecule has 2 rings (SSSR count). The van der Waals surface area contributed by atoms with Crippen molar-refractivity contribution in [1.29, 1.82) is 0 Å². The van der Waals surface area contributed by atoms with Gasteiger partial charge in [0.05, 0.1) is 4.88 Å². The van der Waals surface area contributed by atoms with Crippen molar-refractivity contribution >= 4 is 46.4 Å². The minimum atomic E-state index is -0.536. The Kier molecular flexibility index (Phi) is 5.61. The Balaban J connectivity index is 1.78. The molecule has 0 bridgehead atoms. The molecule has 1 aromatic heterocycles. The van der Waals surface area contributed by atoms with E-state index in [-0.39, 0.29) is 19.1 Å². The third kappa shape index (κ3) is 4.74. The fourth-order valence-corrected chi connectivity index (χ4v) is 2.60. The van der Waals surface area contributed by atoms with Crippen LogP contribution in [0.4, 0.5) is 0 Å². The molecule has 0 aliphatic heterocycles. The average molecular weight is 344 g/mol. The number of esters is 1. The van der Waals surface area contributed by atoms with Crippen molar-refractivity contribution in [3.05, 3.63) is 56.2 Å². The second kappa shape index (κ2) is 7.45. The van der Waals surface area contributed by atoms with Crippen LogP contribution in [0.1, 0.15) is 15.2 Å². The van der Waals surface area contributed by atoms with Gasteiger partial charge in [0, 0.05) is 15.6 Å². The lowest BCUT2D eigenvalue weighted by Crippen LogP contribution is -2.30. The number of benzene rings is 1. The number of carbonyl (C=O) groups excluding carboxylic acids is 2. The monoisotopic (exact) mass is 343 g/mol. The molecule has 7 heteroatoms. The molecule has 0 fully saturated rings. The molecule has 110 valence electrons. The van der Waals surface area contributed by atoms with E-state index in [1.165, 1.54) is 11.3 Å². The summed E-state index contributed by atoms with van der Waals surface area (Å²) in [7, 11) is 0. The van der Waals surface area contributed by atoms with Gasteiger partial charge in [-0.05, 0) is 23.6 Å². The fourth-order valence-electron chi connectivity index (χ4n) is 1.50. The van der Waals surface area contributed by atoms with Crippen LogP contribution in [0.25, 0.3) is 0 Å². The zero-order chi connectivity index (χ0) is 15.2. The highest BCUT2D eigenvalue weighted by atomic mass is 35.5. The van der Waals surface area contributed by atoms with Crippen LogP contribution in [0.2, 0.25) is 10.0 Å². The van der Waals surface area contributed by atoms with Crippen LogP contribution in [0.3, 0.4) is 0 Å². The van der Waals surface area contributed by atoms with E-state index in [1.807, 2.05) is 0 Å². The minimum Gasteiger partial charge on any atom is -0.459 e. The number of carbonyl (C=O) groups is 2. The van der Waals surface area contributed by atoms with E-state index in [0.717, 1.165) is 0 Å². The number of hydrogen-bond acceptors (Lipinski definition) is 4. The van der Waals surface area contributed by atoms with Crippen molar-refractivity contribution in [2.45, 2.75) is 6.61 Å². The molecular formula is C14H11Cl2NO3S. The molecule has 0 aliphatic carbocycles. The number of rotatable bonds is 5. The lowest BCUT2D eigenvalue weighted by atomic mass is 10.2. The second-order valence-corrected chi connectivity index (χ2v) is 5.85. The Hall–Kier alpha value is -1.56. The molecule has 21 heavy (non-hydrogen) atoms. The van der Waals surface area contributed by atoms with E-state index in [4.69, 9.17) is 27.9 Å². The van der Waals surface area contributed by atoms with Crippen molar-refractivity contribution in [2.75, 3.05) is 6.54 Å². The normalized spacial score (nSPS) is 10.2. The molecule has 0 unspecified atom stereocenters. The highest BCUT2D eigenvalue weighted by Gasteiger charge is 2.10. The minimum absolute atomic E-state index is 0.0315. The number of ether oxygens (including phenoxy) is 1. The van der Waals surface area contributed by atoms with Crippen LogP contribution in [0, 0.1) is 0 Å². The van der Waals surface area contributed by atoms with Gasteiger partial charge < -0.3 is 10.1 Å². The molecular weight excluding hydrogens is 333 g/mol. The summed E-state index contributed by atoms with van der Waals surface area (Å²) in [5.41, 5.74) is 0.652. The molecule has 0 radical (unpaired) electrons. The summed E-state index contributed by atoms with van der Waals surface area (Å²) in [6, 6.07) is 8.36. The first-order chi connectivity index (χ1) is 10.1. The van der Waals surface area contributed by atoms with Crippen LogP contribution in [0.15, 0.2) is 35.7 Å². The molecule has 0 saturated carbocycles. The summed E-state index contributed by atoms with van der Waals surface area (Å²) in [5.74, 6) is -0.836.